The topological polar surface area (TPSA) is 47.6 Å². The Morgan fingerprint density at radius 2 is 1.86 bits per heavy atom. The minimum atomic E-state index is 0.0318. The molecule has 0 spiro atoms. The largest absolute Gasteiger partial charge is 0.385 e. The number of unbranched alkanes of at least 4 members (excludes halogenated alkanes) is 2. The summed E-state index contributed by atoms with van der Waals surface area (Å²) in [5.41, 5.74) is 0. The molecular weight excluding hydrogens is 182 g/mol. The second-order valence-electron chi connectivity index (χ2n) is 3.09. The first-order chi connectivity index (χ1) is 6.81. The van der Waals surface area contributed by atoms with Crippen LogP contribution in [0.5, 0.6) is 0 Å². The van der Waals surface area contributed by atoms with Crippen molar-refractivity contribution < 1.29 is 14.3 Å². The summed E-state index contributed by atoms with van der Waals surface area (Å²) in [4.78, 5) is 10.8. The molecule has 0 aromatic carbocycles. The molecule has 0 aromatic rings. The van der Waals surface area contributed by atoms with Crippen LogP contribution in [0.1, 0.15) is 25.7 Å². The Labute approximate surface area is 86.0 Å². The van der Waals surface area contributed by atoms with Crippen molar-refractivity contribution in [2.45, 2.75) is 25.7 Å². The van der Waals surface area contributed by atoms with Gasteiger partial charge in [0.25, 0.3) is 0 Å². The number of hydrogen-bond acceptors (Lipinski definition) is 3. The molecule has 0 aliphatic heterocycles. The van der Waals surface area contributed by atoms with Crippen molar-refractivity contribution in [1.82, 2.24) is 5.32 Å². The van der Waals surface area contributed by atoms with Crippen LogP contribution in [0, 0.1) is 0 Å². The van der Waals surface area contributed by atoms with Gasteiger partial charge < -0.3 is 14.8 Å². The number of amides is 1. The summed E-state index contributed by atoms with van der Waals surface area (Å²) in [5.74, 6) is 0.0318. The smallest absolute Gasteiger partial charge is 0.222 e. The summed E-state index contributed by atoms with van der Waals surface area (Å²) >= 11 is 0. The first-order valence-electron chi connectivity index (χ1n) is 5.08. The van der Waals surface area contributed by atoms with Gasteiger partial charge in [0.05, 0.1) is 6.61 Å². The SMILES string of the molecule is CNC(=O)CCOCCCCCOC. The normalized spacial score (nSPS) is 10.1. The zero-order valence-electron chi connectivity index (χ0n) is 9.17. The molecule has 0 saturated heterocycles. The maximum absolute atomic E-state index is 10.8. The van der Waals surface area contributed by atoms with Crippen LogP contribution in [-0.4, -0.2) is 39.9 Å². The molecule has 0 saturated carbocycles. The highest BCUT2D eigenvalue weighted by molar-refractivity contribution is 5.75. The molecule has 0 radical (unpaired) electrons. The van der Waals surface area contributed by atoms with Crippen molar-refractivity contribution in [1.29, 1.82) is 0 Å². The fourth-order valence-corrected chi connectivity index (χ4v) is 1.02. The van der Waals surface area contributed by atoms with Crippen LogP contribution in [-0.2, 0) is 14.3 Å². The van der Waals surface area contributed by atoms with Gasteiger partial charge in [-0.3, -0.25) is 4.79 Å². The summed E-state index contributed by atoms with van der Waals surface area (Å²) in [7, 11) is 3.34. The summed E-state index contributed by atoms with van der Waals surface area (Å²) in [6.45, 7) is 2.07. The molecule has 0 heterocycles. The van der Waals surface area contributed by atoms with Gasteiger partial charge in [0.1, 0.15) is 0 Å². The number of ether oxygens (including phenoxy) is 2. The Balaban J connectivity index is 2.95. The predicted octanol–water partition coefficient (Wildman–Crippen LogP) is 0.956. The van der Waals surface area contributed by atoms with Crippen molar-refractivity contribution in [3.63, 3.8) is 0 Å². The van der Waals surface area contributed by atoms with Crippen molar-refractivity contribution in [3.8, 4) is 0 Å². The molecule has 84 valence electrons. The van der Waals surface area contributed by atoms with Crippen LogP contribution in [0.15, 0.2) is 0 Å². The Kier molecular flexibility index (Phi) is 10.0. The number of carbonyl (C=O) groups excluding carboxylic acids is 1. The van der Waals surface area contributed by atoms with Crippen LogP contribution in [0.25, 0.3) is 0 Å². The zero-order chi connectivity index (χ0) is 10.6. The highest BCUT2D eigenvalue weighted by Crippen LogP contribution is 1.96. The monoisotopic (exact) mass is 203 g/mol. The molecule has 1 amide bonds. The van der Waals surface area contributed by atoms with Gasteiger partial charge in [-0.15, -0.1) is 0 Å². The third kappa shape index (κ3) is 9.48. The lowest BCUT2D eigenvalue weighted by molar-refractivity contribution is -0.121. The van der Waals surface area contributed by atoms with E-state index in [0.717, 1.165) is 32.5 Å². The summed E-state index contributed by atoms with van der Waals surface area (Å²) < 4.78 is 10.2. The molecule has 0 aromatic heterocycles. The Morgan fingerprint density at radius 1 is 1.14 bits per heavy atom. The third-order valence-corrected chi connectivity index (χ3v) is 1.89. The highest BCUT2D eigenvalue weighted by Gasteiger charge is 1.96. The van der Waals surface area contributed by atoms with E-state index >= 15 is 0 Å². The Bertz CT molecular complexity index is 139. The number of methoxy groups -OCH3 is 1. The molecule has 0 unspecified atom stereocenters. The summed E-state index contributed by atoms with van der Waals surface area (Å²) in [5, 5.41) is 2.55. The van der Waals surface area contributed by atoms with Crippen LogP contribution in [0.2, 0.25) is 0 Å². The van der Waals surface area contributed by atoms with Crippen molar-refractivity contribution in [2.75, 3.05) is 34.0 Å². The third-order valence-electron chi connectivity index (χ3n) is 1.89. The van der Waals surface area contributed by atoms with E-state index in [9.17, 15) is 4.79 Å². The van der Waals surface area contributed by atoms with Crippen LogP contribution in [0.4, 0.5) is 0 Å². The average molecular weight is 203 g/mol. The lowest BCUT2D eigenvalue weighted by atomic mass is 10.2. The Hall–Kier alpha value is -0.610. The second-order valence-corrected chi connectivity index (χ2v) is 3.09. The van der Waals surface area contributed by atoms with E-state index in [0.29, 0.717) is 13.0 Å². The van der Waals surface area contributed by atoms with Crippen molar-refractivity contribution in [2.24, 2.45) is 0 Å². The molecule has 1 N–H and O–H groups in total. The number of rotatable bonds is 9. The average Bonchev–Trinajstić information content (AvgIpc) is 2.21. The Morgan fingerprint density at radius 3 is 2.50 bits per heavy atom. The van der Waals surface area contributed by atoms with Gasteiger partial charge in [0, 0.05) is 33.8 Å². The molecule has 14 heavy (non-hydrogen) atoms. The van der Waals surface area contributed by atoms with Crippen molar-refractivity contribution in [3.05, 3.63) is 0 Å². The maximum Gasteiger partial charge on any atom is 0.222 e. The predicted molar refractivity (Wildman–Crippen MR) is 55.2 cm³/mol. The zero-order valence-corrected chi connectivity index (χ0v) is 9.17. The van der Waals surface area contributed by atoms with Gasteiger partial charge >= 0.3 is 0 Å². The van der Waals surface area contributed by atoms with Gasteiger partial charge in [-0.1, -0.05) is 0 Å². The van der Waals surface area contributed by atoms with E-state index in [1.54, 1.807) is 14.2 Å². The molecule has 0 aliphatic carbocycles. The number of nitrogens with one attached hydrogen (secondary N) is 1. The van der Waals surface area contributed by atoms with Gasteiger partial charge in [0.2, 0.25) is 5.91 Å². The molecule has 0 bridgehead atoms. The highest BCUT2D eigenvalue weighted by atomic mass is 16.5. The number of carbonyl (C=O) groups is 1. The first-order valence-corrected chi connectivity index (χ1v) is 5.08. The fourth-order valence-electron chi connectivity index (χ4n) is 1.02. The van der Waals surface area contributed by atoms with E-state index in [1.807, 2.05) is 0 Å². The molecule has 4 nitrogen and oxygen atoms in total. The van der Waals surface area contributed by atoms with E-state index in [-0.39, 0.29) is 5.91 Å². The number of hydrogen-bond donors (Lipinski definition) is 1. The van der Waals surface area contributed by atoms with Crippen LogP contribution >= 0.6 is 0 Å². The van der Waals surface area contributed by atoms with E-state index in [2.05, 4.69) is 5.32 Å². The quantitative estimate of drug-likeness (QED) is 0.568. The summed E-state index contributed by atoms with van der Waals surface area (Å²) in [6, 6.07) is 0. The van der Waals surface area contributed by atoms with Gasteiger partial charge in [-0.05, 0) is 19.3 Å². The van der Waals surface area contributed by atoms with Gasteiger partial charge in [-0.2, -0.15) is 0 Å². The maximum atomic E-state index is 10.8. The molecule has 4 heteroatoms. The van der Waals surface area contributed by atoms with Crippen molar-refractivity contribution >= 4 is 5.91 Å². The molecule has 0 rings (SSSR count). The first kappa shape index (κ1) is 13.4. The van der Waals surface area contributed by atoms with Crippen LogP contribution in [0.3, 0.4) is 0 Å². The molecular formula is C10H21NO3. The second kappa shape index (κ2) is 10.5. The van der Waals surface area contributed by atoms with E-state index in [4.69, 9.17) is 9.47 Å². The fraction of sp³-hybridized carbons (Fsp3) is 0.900. The molecule has 0 atom stereocenters. The van der Waals surface area contributed by atoms with E-state index < -0.39 is 0 Å². The molecule has 0 fully saturated rings. The van der Waals surface area contributed by atoms with Crippen LogP contribution < -0.4 is 5.32 Å². The minimum Gasteiger partial charge on any atom is -0.385 e. The van der Waals surface area contributed by atoms with Gasteiger partial charge in [-0.25, -0.2) is 0 Å². The standard InChI is InChI=1S/C10H21NO3/c1-11-10(12)6-9-14-8-5-3-4-7-13-2/h3-9H2,1-2H3,(H,11,12). The lowest BCUT2D eigenvalue weighted by Gasteiger charge is -2.03. The summed E-state index contributed by atoms with van der Waals surface area (Å²) in [6.07, 6.45) is 3.69. The molecule has 0 aliphatic rings. The minimum absolute atomic E-state index is 0.0318. The van der Waals surface area contributed by atoms with Gasteiger partial charge in [0.15, 0.2) is 0 Å². The van der Waals surface area contributed by atoms with E-state index in [1.165, 1.54) is 0 Å². The lowest BCUT2D eigenvalue weighted by Crippen LogP contribution is -2.19.